The second kappa shape index (κ2) is 8.81. The molecule has 0 N–H and O–H groups in total. The number of nitrogens with zero attached hydrogens (tertiary/aromatic N) is 3. The molecule has 0 spiro atoms. The molecule has 1 aromatic heterocycles. The number of rotatable bonds is 7. The lowest BCUT2D eigenvalue weighted by molar-refractivity contribution is -0.133. The van der Waals surface area contributed by atoms with Crippen molar-refractivity contribution in [2.45, 2.75) is 38.6 Å². The Balaban J connectivity index is 1.64. The van der Waals surface area contributed by atoms with Gasteiger partial charge in [-0.15, -0.1) is 0 Å². The monoisotopic (exact) mass is 341 g/mol. The summed E-state index contributed by atoms with van der Waals surface area (Å²) < 4.78 is 7.53. The zero-order valence-corrected chi connectivity index (χ0v) is 14.9. The molecule has 1 saturated heterocycles. The van der Waals surface area contributed by atoms with Gasteiger partial charge in [-0.1, -0.05) is 30.3 Å². The van der Waals surface area contributed by atoms with Crippen LogP contribution in [0.2, 0.25) is 0 Å². The number of carbonyl (C=O) groups is 1. The molecule has 0 bridgehead atoms. The quantitative estimate of drug-likeness (QED) is 0.727. The van der Waals surface area contributed by atoms with Crippen molar-refractivity contribution < 1.29 is 9.53 Å². The van der Waals surface area contributed by atoms with Gasteiger partial charge in [0.25, 0.3) is 0 Å². The number of amides is 1. The first-order chi connectivity index (χ1) is 12.3. The lowest BCUT2D eigenvalue weighted by Crippen LogP contribution is -2.40. The van der Waals surface area contributed by atoms with E-state index >= 15 is 0 Å². The van der Waals surface area contributed by atoms with Crippen LogP contribution in [0.4, 0.5) is 0 Å². The van der Waals surface area contributed by atoms with Crippen LogP contribution in [-0.2, 0) is 16.1 Å². The molecular formula is C20H27N3O2. The first kappa shape index (κ1) is 17.7. The lowest BCUT2D eigenvalue weighted by Gasteiger charge is -2.32. The van der Waals surface area contributed by atoms with Gasteiger partial charge in [0.2, 0.25) is 5.91 Å². The molecule has 1 amide bonds. The molecule has 134 valence electrons. The highest BCUT2D eigenvalue weighted by molar-refractivity contribution is 5.76. The minimum atomic E-state index is 0.194. The zero-order chi connectivity index (χ0) is 17.5. The predicted molar refractivity (Wildman–Crippen MR) is 97.4 cm³/mol. The van der Waals surface area contributed by atoms with E-state index < -0.39 is 0 Å². The SMILES string of the molecule is CCOCCC(=O)N1CCC[C@@H](c2nccn2Cc2ccccc2)C1. The van der Waals surface area contributed by atoms with Gasteiger partial charge in [0, 0.05) is 44.6 Å². The van der Waals surface area contributed by atoms with E-state index in [9.17, 15) is 4.79 Å². The largest absolute Gasteiger partial charge is 0.381 e. The van der Waals surface area contributed by atoms with Crippen LogP contribution >= 0.6 is 0 Å². The van der Waals surface area contributed by atoms with Crippen LogP contribution in [0.1, 0.15) is 43.5 Å². The number of benzene rings is 1. The maximum Gasteiger partial charge on any atom is 0.224 e. The second-order valence-corrected chi connectivity index (χ2v) is 6.52. The van der Waals surface area contributed by atoms with Crippen molar-refractivity contribution in [1.82, 2.24) is 14.5 Å². The molecule has 25 heavy (non-hydrogen) atoms. The molecule has 0 unspecified atom stereocenters. The van der Waals surface area contributed by atoms with E-state index in [2.05, 4.69) is 33.8 Å². The highest BCUT2D eigenvalue weighted by Gasteiger charge is 2.27. The fraction of sp³-hybridized carbons (Fsp3) is 0.500. The van der Waals surface area contributed by atoms with Gasteiger partial charge in [0.1, 0.15) is 5.82 Å². The van der Waals surface area contributed by atoms with Crippen molar-refractivity contribution in [1.29, 1.82) is 0 Å². The van der Waals surface area contributed by atoms with E-state index in [0.717, 1.165) is 38.3 Å². The van der Waals surface area contributed by atoms with Gasteiger partial charge >= 0.3 is 0 Å². The van der Waals surface area contributed by atoms with Crippen LogP contribution in [0.5, 0.6) is 0 Å². The third-order valence-electron chi connectivity index (χ3n) is 4.75. The Kier molecular flexibility index (Phi) is 6.23. The van der Waals surface area contributed by atoms with Crippen molar-refractivity contribution in [2.75, 3.05) is 26.3 Å². The molecule has 0 aliphatic carbocycles. The van der Waals surface area contributed by atoms with Crippen molar-refractivity contribution in [3.63, 3.8) is 0 Å². The molecule has 1 atom stereocenters. The van der Waals surface area contributed by atoms with Gasteiger partial charge in [-0.25, -0.2) is 4.98 Å². The summed E-state index contributed by atoms with van der Waals surface area (Å²) >= 11 is 0. The molecule has 1 aliphatic heterocycles. The van der Waals surface area contributed by atoms with Gasteiger partial charge in [-0.05, 0) is 25.3 Å². The maximum absolute atomic E-state index is 12.4. The number of carbonyl (C=O) groups excluding carboxylic acids is 1. The molecule has 0 saturated carbocycles. The molecule has 1 fully saturated rings. The Labute approximate surface area is 149 Å². The summed E-state index contributed by atoms with van der Waals surface area (Å²) in [5.74, 6) is 1.59. The van der Waals surface area contributed by atoms with Gasteiger partial charge < -0.3 is 14.2 Å². The number of ether oxygens (including phenoxy) is 1. The fourth-order valence-corrected chi connectivity index (χ4v) is 3.47. The van der Waals surface area contributed by atoms with Crippen LogP contribution in [0.25, 0.3) is 0 Å². The van der Waals surface area contributed by atoms with Gasteiger partial charge in [-0.2, -0.15) is 0 Å². The molecule has 5 nitrogen and oxygen atoms in total. The Hall–Kier alpha value is -2.14. The number of aromatic nitrogens is 2. The van der Waals surface area contributed by atoms with Crippen LogP contribution in [0.3, 0.4) is 0 Å². The van der Waals surface area contributed by atoms with E-state index in [1.807, 2.05) is 30.3 Å². The third-order valence-corrected chi connectivity index (χ3v) is 4.75. The van der Waals surface area contributed by atoms with E-state index in [1.165, 1.54) is 5.56 Å². The molecule has 1 aliphatic rings. The molecule has 5 heteroatoms. The van der Waals surface area contributed by atoms with Crippen LogP contribution in [-0.4, -0.2) is 46.7 Å². The van der Waals surface area contributed by atoms with Crippen LogP contribution < -0.4 is 0 Å². The normalized spacial score (nSPS) is 17.6. The van der Waals surface area contributed by atoms with Crippen LogP contribution in [0.15, 0.2) is 42.7 Å². The standard InChI is InChI=1S/C20H27N3O2/c1-2-25-14-10-19(24)22-12-6-9-18(16-22)20-21-11-13-23(20)15-17-7-4-3-5-8-17/h3-5,7-8,11,13,18H,2,6,9-10,12,14-16H2,1H3/t18-/m1/s1. The summed E-state index contributed by atoms with van der Waals surface area (Å²) in [6.45, 7) is 5.56. The first-order valence-corrected chi connectivity index (χ1v) is 9.18. The predicted octanol–water partition coefficient (Wildman–Crippen LogP) is 3.06. The van der Waals surface area contributed by atoms with Crippen LogP contribution in [0, 0.1) is 0 Å². The Morgan fingerprint density at radius 3 is 2.96 bits per heavy atom. The molecule has 3 rings (SSSR count). The summed E-state index contributed by atoms with van der Waals surface area (Å²) in [6, 6.07) is 10.4. The van der Waals surface area contributed by atoms with Crippen molar-refractivity contribution in [3.05, 3.63) is 54.1 Å². The van der Waals surface area contributed by atoms with Gasteiger partial charge in [-0.3, -0.25) is 4.79 Å². The molecule has 1 aromatic carbocycles. The molecule has 0 radical (unpaired) electrons. The molecule has 2 aromatic rings. The first-order valence-electron chi connectivity index (χ1n) is 9.18. The molecular weight excluding hydrogens is 314 g/mol. The van der Waals surface area contributed by atoms with Gasteiger partial charge in [0.05, 0.1) is 13.0 Å². The maximum atomic E-state index is 12.4. The number of likely N-dealkylation sites (tertiary alicyclic amines) is 1. The van der Waals surface area contributed by atoms with Crippen molar-refractivity contribution in [2.24, 2.45) is 0 Å². The summed E-state index contributed by atoms with van der Waals surface area (Å²) in [4.78, 5) is 19.0. The smallest absolute Gasteiger partial charge is 0.224 e. The summed E-state index contributed by atoms with van der Waals surface area (Å²) in [7, 11) is 0. The highest BCUT2D eigenvalue weighted by Crippen LogP contribution is 2.26. The van der Waals surface area contributed by atoms with E-state index in [-0.39, 0.29) is 5.91 Å². The lowest BCUT2D eigenvalue weighted by atomic mass is 9.96. The van der Waals surface area contributed by atoms with E-state index in [1.54, 1.807) is 0 Å². The second-order valence-electron chi connectivity index (χ2n) is 6.52. The minimum Gasteiger partial charge on any atom is -0.381 e. The zero-order valence-electron chi connectivity index (χ0n) is 14.9. The third kappa shape index (κ3) is 4.69. The van der Waals surface area contributed by atoms with Crippen molar-refractivity contribution in [3.8, 4) is 0 Å². The average Bonchev–Trinajstić information content (AvgIpc) is 3.11. The summed E-state index contributed by atoms with van der Waals surface area (Å²) in [6.07, 6.45) is 6.50. The van der Waals surface area contributed by atoms with E-state index in [0.29, 0.717) is 25.6 Å². The number of hydrogen-bond donors (Lipinski definition) is 0. The number of imidazole rings is 1. The average molecular weight is 341 g/mol. The summed E-state index contributed by atoms with van der Waals surface area (Å²) in [5.41, 5.74) is 1.27. The highest BCUT2D eigenvalue weighted by atomic mass is 16.5. The Morgan fingerprint density at radius 2 is 2.16 bits per heavy atom. The van der Waals surface area contributed by atoms with Gasteiger partial charge in [0.15, 0.2) is 0 Å². The van der Waals surface area contributed by atoms with E-state index in [4.69, 9.17) is 4.74 Å². The topological polar surface area (TPSA) is 47.4 Å². The molecule has 2 heterocycles. The Morgan fingerprint density at radius 1 is 1.32 bits per heavy atom. The minimum absolute atomic E-state index is 0.194. The van der Waals surface area contributed by atoms with Crippen molar-refractivity contribution >= 4 is 5.91 Å². The number of piperidine rings is 1. The summed E-state index contributed by atoms with van der Waals surface area (Å²) in [5, 5.41) is 0. The number of hydrogen-bond acceptors (Lipinski definition) is 3. The fourth-order valence-electron chi connectivity index (χ4n) is 3.47. The Bertz CT molecular complexity index is 669.